The van der Waals surface area contributed by atoms with Crippen LogP contribution in [0.15, 0.2) is 23.1 Å². The molecule has 0 fully saturated rings. The van der Waals surface area contributed by atoms with Crippen molar-refractivity contribution in [3.8, 4) is 0 Å². The molecule has 1 aromatic carbocycles. The van der Waals surface area contributed by atoms with Gasteiger partial charge in [-0.15, -0.1) is 0 Å². The third-order valence-corrected chi connectivity index (χ3v) is 2.85. The summed E-state index contributed by atoms with van der Waals surface area (Å²) in [6, 6.07) is 4.82. The van der Waals surface area contributed by atoms with Crippen molar-refractivity contribution in [3.63, 3.8) is 0 Å². The van der Waals surface area contributed by atoms with Crippen molar-refractivity contribution in [3.05, 3.63) is 18.2 Å². The highest BCUT2D eigenvalue weighted by atomic mass is 32.2. The Morgan fingerprint density at radius 2 is 2.00 bits per heavy atom. The van der Waals surface area contributed by atoms with Gasteiger partial charge in [-0.25, -0.2) is 8.42 Å². The lowest BCUT2D eigenvalue weighted by atomic mass is 10.3. The van der Waals surface area contributed by atoms with Gasteiger partial charge in [0, 0.05) is 19.0 Å². The summed E-state index contributed by atoms with van der Waals surface area (Å²) in [5.74, 6) is 0. The summed E-state index contributed by atoms with van der Waals surface area (Å²) in [5, 5.41) is 2.85. The summed E-state index contributed by atoms with van der Waals surface area (Å²) in [6.45, 7) is 0. The third-order valence-electron chi connectivity index (χ3n) is 1.70. The molecule has 0 aliphatic rings. The SMILES string of the molecule is CNc1ccc(N)c(S(C)(=O)=O)c1. The lowest BCUT2D eigenvalue weighted by molar-refractivity contribution is 0.602. The number of nitrogen functional groups attached to an aromatic ring is 1. The van der Waals surface area contributed by atoms with E-state index in [4.69, 9.17) is 5.73 Å². The Labute approximate surface area is 77.7 Å². The minimum Gasteiger partial charge on any atom is -0.398 e. The Balaban J connectivity index is 3.36. The van der Waals surface area contributed by atoms with Crippen molar-refractivity contribution >= 4 is 21.2 Å². The summed E-state index contributed by atoms with van der Waals surface area (Å²) in [6.07, 6.45) is 1.14. The van der Waals surface area contributed by atoms with Crippen LogP contribution in [0, 0.1) is 0 Å². The average molecular weight is 200 g/mol. The minimum absolute atomic E-state index is 0.166. The first kappa shape index (κ1) is 9.85. The van der Waals surface area contributed by atoms with Crippen molar-refractivity contribution in [2.75, 3.05) is 24.4 Å². The van der Waals surface area contributed by atoms with E-state index < -0.39 is 9.84 Å². The topological polar surface area (TPSA) is 72.2 Å². The van der Waals surface area contributed by atoms with Crippen LogP contribution in [0.5, 0.6) is 0 Å². The van der Waals surface area contributed by atoms with Gasteiger partial charge in [0.2, 0.25) is 0 Å². The van der Waals surface area contributed by atoms with E-state index in [0.29, 0.717) is 0 Å². The normalized spacial score (nSPS) is 11.2. The lowest BCUT2D eigenvalue weighted by Crippen LogP contribution is -2.03. The van der Waals surface area contributed by atoms with Crippen LogP contribution in [-0.4, -0.2) is 21.7 Å². The molecular formula is C8H12N2O2S. The van der Waals surface area contributed by atoms with Gasteiger partial charge in [-0.1, -0.05) is 0 Å². The maximum atomic E-state index is 11.2. The van der Waals surface area contributed by atoms with Gasteiger partial charge >= 0.3 is 0 Å². The van der Waals surface area contributed by atoms with E-state index in [1.807, 2.05) is 0 Å². The van der Waals surface area contributed by atoms with Crippen LogP contribution in [0.25, 0.3) is 0 Å². The van der Waals surface area contributed by atoms with E-state index in [-0.39, 0.29) is 10.6 Å². The molecule has 0 aliphatic heterocycles. The van der Waals surface area contributed by atoms with E-state index in [0.717, 1.165) is 11.9 Å². The standard InChI is InChI=1S/C8H12N2O2S/c1-10-6-3-4-7(9)8(5-6)13(2,11)12/h3-5,10H,9H2,1-2H3. The summed E-state index contributed by atoms with van der Waals surface area (Å²) in [4.78, 5) is 0.166. The summed E-state index contributed by atoms with van der Waals surface area (Å²) in [7, 11) is -1.51. The quantitative estimate of drug-likeness (QED) is 0.690. The van der Waals surface area contributed by atoms with Crippen molar-refractivity contribution in [1.82, 2.24) is 0 Å². The molecule has 0 atom stereocenters. The molecule has 3 N–H and O–H groups in total. The zero-order valence-electron chi connectivity index (χ0n) is 7.53. The van der Waals surface area contributed by atoms with Gasteiger partial charge in [-0.05, 0) is 18.2 Å². The monoisotopic (exact) mass is 200 g/mol. The zero-order valence-corrected chi connectivity index (χ0v) is 8.35. The van der Waals surface area contributed by atoms with Crippen LogP contribution >= 0.6 is 0 Å². The second-order valence-corrected chi connectivity index (χ2v) is 4.76. The molecule has 0 heterocycles. The van der Waals surface area contributed by atoms with E-state index >= 15 is 0 Å². The molecule has 5 heteroatoms. The van der Waals surface area contributed by atoms with Crippen molar-refractivity contribution in [2.24, 2.45) is 0 Å². The molecule has 0 aromatic heterocycles. The molecule has 0 saturated carbocycles. The first-order chi connectivity index (χ1) is 5.95. The van der Waals surface area contributed by atoms with Gasteiger partial charge in [-0.2, -0.15) is 0 Å². The van der Waals surface area contributed by atoms with Crippen molar-refractivity contribution in [2.45, 2.75) is 4.90 Å². The number of sulfone groups is 1. The van der Waals surface area contributed by atoms with Crippen LogP contribution in [-0.2, 0) is 9.84 Å². The molecule has 0 bridgehead atoms. The number of nitrogens with one attached hydrogen (secondary N) is 1. The highest BCUT2D eigenvalue weighted by Gasteiger charge is 2.11. The van der Waals surface area contributed by atoms with Crippen LogP contribution in [0.3, 0.4) is 0 Å². The van der Waals surface area contributed by atoms with E-state index in [2.05, 4.69) is 5.32 Å². The molecule has 0 unspecified atom stereocenters. The van der Waals surface area contributed by atoms with Gasteiger partial charge in [0.1, 0.15) is 0 Å². The fourth-order valence-corrected chi connectivity index (χ4v) is 1.85. The van der Waals surface area contributed by atoms with Crippen LogP contribution in [0.2, 0.25) is 0 Å². The number of nitrogens with two attached hydrogens (primary N) is 1. The molecule has 72 valence electrons. The average Bonchev–Trinajstić information content (AvgIpc) is 2.03. The van der Waals surface area contributed by atoms with Gasteiger partial charge in [0.25, 0.3) is 0 Å². The largest absolute Gasteiger partial charge is 0.398 e. The Bertz CT molecular complexity index is 412. The highest BCUT2D eigenvalue weighted by molar-refractivity contribution is 7.90. The smallest absolute Gasteiger partial charge is 0.177 e. The number of hydrogen-bond acceptors (Lipinski definition) is 4. The maximum absolute atomic E-state index is 11.2. The van der Waals surface area contributed by atoms with Gasteiger partial charge in [0.05, 0.1) is 10.6 Å². The second-order valence-electron chi connectivity index (χ2n) is 2.77. The molecule has 1 aromatic rings. The van der Waals surface area contributed by atoms with Crippen LogP contribution < -0.4 is 11.1 Å². The summed E-state index contributed by atoms with van der Waals surface area (Å²) < 4.78 is 22.4. The summed E-state index contributed by atoms with van der Waals surface area (Å²) in [5.41, 5.74) is 6.53. The van der Waals surface area contributed by atoms with Gasteiger partial charge < -0.3 is 11.1 Å². The highest BCUT2D eigenvalue weighted by Crippen LogP contribution is 2.21. The first-order valence-corrected chi connectivity index (χ1v) is 5.61. The fraction of sp³-hybridized carbons (Fsp3) is 0.250. The Kier molecular flexibility index (Phi) is 2.47. The predicted octanol–water partition coefficient (Wildman–Crippen LogP) is 0.714. The van der Waals surface area contributed by atoms with E-state index in [9.17, 15) is 8.42 Å². The first-order valence-electron chi connectivity index (χ1n) is 3.72. The minimum atomic E-state index is -3.23. The van der Waals surface area contributed by atoms with Crippen LogP contribution in [0.4, 0.5) is 11.4 Å². The Morgan fingerprint density at radius 1 is 1.38 bits per heavy atom. The number of anilines is 2. The summed E-state index contributed by atoms with van der Waals surface area (Å²) >= 11 is 0. The molecule has 0 amide bonds. The van der Waals surface area contributed by atoms with E-state index in [1.165, 1.54) is 6.07 Å². The molecular weight excluding hydrogens is 188 g/mol. The molecule has 1 rings (SSSR count). The van der Waals surface area contributed by atoms with Crippen molar-refractivity contribution < 1.29 is 8.42 Å². The predicted molar refractivity (Wildman–Crippen MR) is 53.5 cm³/mol. The third kappa shape index (κ3) is 2.12. The van der Waals surface area contributed by atoms with Gasteiger partial charge in [-0.3, -0.25) is 0 Å². The molecule has 0 radical (unpaired) electrons. The molecule has 13 heavy (non-hydrogen) atoms. The lowest BCUT2D eigenvalue weighted by Gasteiger charge is -2.05. The fourth-order valence-electron chi connectivity index (χ4n) is 1.01. The Hall–Kier alpha value is -1.23. The molecule has 4 nitrogen and oxygen atoms in total. The maximum Gasteiger partial charge on any atom is 0.177 e. The van der Waals surface area contributed by atoms with Crippen molar-refractivity contribution in [1.29, 1.82) is 0 Å². The zero-order chi connectivity index (χ0) is 10.1. The molecule has 0 saturated heterocycles. The number of benzene rings is 1. The number of rotatable bonds is 2. The molecule has 0 aliphatic carbocycles. The van der Waals surface area contributed by atoms with Gasteiger partial charge in [0.15, 0.2) is 9.84 Å². The Morgan fingerprint density at radius 3 is 2.46 bits per heavy atom. The number of hydrogen-bond donors (Lipinski definition) is 2. The second kappa shape index (κ2) is 3.26. The van der Waals surface area contributed by atoms with Crippen LogP contribution in [0.1, 0.15) is 0 Å². The molecule has 0 spiro atoms. The van der Waals surface area contributed by atoms with E-state index in [1.54, 1.807) is 19.2 Å².